The molecule has 7 aromatic carbocycles. The maximum atomic E-state index is 2.36. The van der Waals surface area contributed by atoms with E-state index in [1.165, 1.54) is 76.2 Å². The minimum Gasteiger partial charge on any atom is -0.0888 e. The molecule has 42 heavy (non-hydrogen) atoms. The predicted octanol–water partition coefficient (Wildman–Crippen LogP) is 11.0. The van der Waals surface area contributed by atoms with E-state index in [0.717, 1.165) is 0 Å². The fraction of sp³-hybridized carbons (Fsp3) is 0.0244. The smallest absolute Gasteiger partial charge is 0.0713 e. The monoisotopic (exact) mass is 550 g/mol. The molecule has 0 fully saturated rings. The number of rotatable bonds is 3. The molecule has 0 atom stereocenters. The van der Waals surface area contributed by atoms with Gasteiger partial charge in [0.1, 0.15) is 0 Å². The lowest BCUT2D eigenvalue weighted by Crippen LogP contribution is -2.28. The Hall–Kier alpha value is -4.85. The molecule has 0 radical (unpaired) electrons. The van der Waals surface area contributed by atoms with Gasteiger partial charge in [0.05, 0.1) is 5.41 Å². The lowest BCUT2D eigenvalue weighted by Gasteiger charge is -2.34. The van der Waals surface area contributed by atoms with Crippen LogP contribution in [0.1, 0.15) is 22.3 Å². The van der Waals surface area contributed by atoms with Crippen LogP contribution in [0.5, 0.6) is 0 Å². The summed E-state index contributed by atoms with van der Waals surface area (Å²) >= 11 is 1.89. The Balaban J connectivity index is 1.39. The zero-order valence-corrected chi connectivity index (χ0v) is 23.7. The largest absolute Gasteiger partial charge is 0.0888 e. The Morgan fingerprint density at radius 1 is 0.357 bits per heavy atom. The molecule has 1 aliphatic carbocycles. The van der Waals surface area contributed by atoms with Gasteiger partial charge in [-0.05, 0) is 73.2 Å². The average molecular weight is 551 g/mol. The Bertz CT molecular complexity index is 2120. The molecule has 0 bridgehead atoms. The second-order valence-electron chi connectivity index (χ2n) is 11.2. The number of fused-ring (bicyclic) bond motifs is 5. The molecule has 1 heteroatoms. The first kappa shape index (κ1) is 23.8. The molecular weight excluding hydrogens is 525 g/mol. The van der Waals surface area contributed by atoms with Gasteiger partial charge in [-0.25, -0.2) is 0 Å². The van der Waals surface area contributed by atoms with E-state index in [1.54, 1.807) is 0 Å². The van der Waals surface area contributed by atoms with E-state index in [9.17, 15) is 0 Å². The molecular formula is C41H26S. The maximum absolute atomic E-state index is 2.36. The minimum absolute atomic E-state index is 0.397. The van der Waals surface area contributed by atoms with Crippen molar-refractivity contribution in [2.45, 2.75) is 15.2 Å². The summed E-state index contributed by atoms with van der Waals surface area (Å²) in [5, 5.41) is 2.68. The molecule has 9 rings (SSSR count). The molecule has 1 heterocycles. The van der Waals surface area contributed by atoms with E-state index < -0.39 is 5.41 Å². The van der Waals surface area contributed by atoms with E-state index in [1.807, 2.05) is 11.8 Å². The van der Waals surface area contributed by atoms with Crippen molar-refractivity contribution in [2.24, 2.45) is 0 Å². The van der Waals surface area contributed by atoms with Crippen molar-refractivity contribution in [2.75, 3.05) is 0 Å². The zero-order chi connectivity index (χ0) is 27.7. The third kappa shape index (κ3) is 3.15. The van der Waals surface area contributed by atoms with Gasteiger partial charge in [0.2, 0.25) is 0 Å². The molecule has 7 aromatic rings. The Morgan fingerprint density at radius 2 is 0.952 bits per heavy atom. The first-order chi connectivity index (χ1) is 20.9. The highest BCUT2D eigenvalue weighted by Crippen LogP contribution is 2.59. The molecule has 0 saturated carbocycles. The van der Waals surface area contributed by atoms with E-state index in [-0.39, 0.29) is 0 Å². The zero-order valence-electron chi connectivity index (χ0n) is 22.9. The van der Waals surface area contributed by atoms with Crippen LogP contribution in [0, 0.1) is 0 Å². The normalized spacial score (nSPS) is 13.8. The van der Waals surface area contributed by atoms with Crippen molar-refractivity contribution in [3.05, 3.63) is 180 Å². The SMILES string of the molecule is c1ccc(C2(c3ccccc3)c3ccccc3-c3c(-c4ccc5c6c(cccc46)-c4ccccc4S5)cccc32)cc1. The molecule has 196 valence electrons. The molecule has 0 unspecified atom stereocenters. The summed E-state index contributed by atoms with van der Waals surface area (Å²) in [5.41, 5.74) is 12.8. The second-order valence-corrected chi connectivity index (χ2v) is 12.3. The lowest BCUT2D eigenvalue weighted by molar-refractivity contribution is 0.768. The van der Waals surface area contributed by atoms with Crippen LogP contribution in [0.3, 0.4) is 0 Å². The molecule has 1 aliphatic heterocycles. The van der Waals surface area contributed by atoms with Gasteiger partial charge in [-0.15, -0.1) is 0 Å². The van der Waals surface area contributed by atoms with Gasteiger partial charge in [0.25, 0.3) is 0 Å². The van der Waals surface area contributed by atoms with E-state index >= 15 is 0 Å². The highest BCUT2D eigenvalue weighted by atomic mass is 32.2. The van der Waals surface area contributed by atoms with Crippen LogP contribution >= 0.6 is 11.8 Å². The highest BCUT2D eigenvalue weighted by molar-refractivity contribution is 7.99. The van der Waals surface area contributed by atoms with Crippen molar-refractivity contribution in [1.82, 2.24) is 0 Å². The van der Waals surface area contributed by atoms with Gasteiger partial charge in [-0.2, -0.15) is 0 Å². The fourth-order valence-corrected chi connectivity index (χ4v) is 8.66. The summed E-state index contributed by atoms with van der Waals surface area (Å²) in [6, 6.07) is 58.4. The predicted molar refractivity (Wildman–Crippen MR) is 176 cm³/mol. The average Bonchev–Trinajstić information content (AvgIpc) is 3.37. The molecule has 2 aliphatic rings. The van der Waals surface area contributed by atoms with Crippen LogP contribution in [-0.2, 0) is 5.41 Å². The molecule has 0 aromatic heterocycles. The molecule has 0 N–H and O–H groups in total. The van der Waals surface area contributed by atoms with E-state index in [0.29, 0.717) is 0 Å². The molecule has 0 spiro atoms. The van der Waals surface area contributed by atoms with Crippen LogP contribution < -0.4 is 0 Å². The standard InChI is InChI=1S/C41H26S/c1-3-13-27(14-4-1)41(28-15-5-2-6-16-28)35-22-9-7-18-34(35)39-31(21-12-23-36(39)41)29-25-26-38-40-32(29)19-11-20-33(40)30-17-8-10-24-37(30)42-38/h1-26H. The van der Waals surface area contributed by atoms with Crippen LogP contribution in [0.15, 0.2) is 168 Å². The Morgan fingerprint density at radius 3 is 1.74 bits per heavy atom. The third-order valence-electron chi connectivity index (χ3n) is 9.17. The lowest BCUT2D eigenvalue weighted by atomic mass is 9.67. The first-order valence-corrected chi connectivity index (χ1v) is 15.3. The van der Waals surface area contributed by atoms with Gasteiger partial charge < -0.3 is 0 Å². The number of benzene rings is 7. The maximum Gasteiger partial charge on any atom is 0.0713 e. The molecule has 0 saturated heterocycles. The van der Waals surface area contributed by atoms with Crippen molar-refractivity contribution >= 4 is 22.5 Å². The van der Waals surface area contributed by atoms with Crippen LogP contribution in [0.2, 0.25) is 0 Å². The van der Waals surface area contributed by atoms with Crippen molar-refractivity contribution < 1.29 is 0 Å². The number of hydrogen-bond acceptors (Lipinski definition) is 1. The van der Waals surface area contributed by atoms with Crippen LogP contribution in [0.4, 0.5) is 0 Å². The van der Waals surface area contributed by atoms with E-state index in [2.05, 4.69) is 158 Å². The topological polar surface area (TPSA) is 0 Å². The summed E-state index contributed by atoms with van der Waals surface area (Å²) in [6.07, 6.45) is 0. The third-order valence-corrected chi connectivity index (χ3v) is 10.3. The quantitative estimate of drug-likeness (QED) is 0.211. The van der Waals surface area contributed by atoms with Crippen molar-refractivity contribution in [1.29, 1.82) is 0 Å². The van der Waals surface area contributed by atoms with Crippen LogP contribution in [-0.4, -0.2) is 0 Å². The molecule has 0 nitrogen and oxygen atoms in total. The summed E-state index contributed by atoms with van der Waals surface area (Å²) in [7, 11) is 0. The van der Waals surface area contributed by atoms with Gasteiger partial charge in [-0.3, -0.25) is 0 Å². The summed E-state index contributed by atoms with van der Waals surface area (Å²) in [4.78, 5) is 2.66. The highest BCUT2D eigenvalue weighted by Gasteiger charge is 2.46. The second kappa shape index (κ2) is 9.08. The van der Waals surface area contributed by atoms with Crippen molar-refractivity contribution in [3.63, 3.8) is 0 Å². The minimum atomic E-state index is -0.397. The summed E-state index contributed by atoms with van der Waals surface area (Å²) in [5.74, 6) is 0. The Labute approximate surface area is 250 Å². The summed E-state index contributed by atoms with van der Waals surface area (Å²) in [6.45, 7) is 0. The number of hydrogen-bond donors (Lipinski definition) is 0. The van der Waals surface area contributed by atoms with Gasteiger partial charge in [-0.1, -0.05) is 157 Å². The summed E-state index contributed by atoms with van der Waals surface area (Å²) < 4.78 is 0. The van der Waals surface area contributed by atoms with E-state index in [4.69, 9.17) is 0 Å². The van der Waals surface area contributed by atoms with Crippen molar-refractivity contribution in [3.8, 4) is 33.4 Å². The first-order valence-electron chi connectivity index (χ1n) is 14.5. The van der Waals surface area contributed by atoms with Gasteiger partial charge >= 0.3 is 0 Å². The Kier molecular flexibility index (Phi) is 5.15. The van der Waals surface area contributed by atoms with Gasteiger partial charge in [0, 0.05) is 15.2 Å². The molecule has 0 amide bonds. The fourth-order valence-electron chi connectivity index (χ4n) is 7.53. The van der Waals surface area contributed by atoms with Crippen LogP contribution in [0.25, 0.3) is 44.2 Å². The van der Waals surface area contributed by atoms with Gasteiger partial charge in [0.15, 0.2) is 0 Å².